The minimum atomic E-state index is -0.146. The van der Waals surface area contributed by atoms with Crippen LogP contribution < -0.4 is 0 Å². The second-order valence-electron chi connectivity index (χ2n) is 5.99. The van der Waals surface area contributed by atoms with E-state index in [9.17, 15) is 9.59 Å². The van der Waals surface area contributed by atoms with Gasteiger partial charge in [0.1, 0.15) is 0 Å². The van der Waals surface area contributed by atoms with Crippen LogP contribution in [-0.2, 0) is 11.2 Å². The van der Waals surface area contributed by atoms with E-state index < -0.39 is 0 Å². The first-order valence-corrected chi connectivity index (χ1v) is 10.6. The van der Waals surface area contributed by atoms with Crippen LogP contribution in [0, 0.1) is 0 Å². The van der Waals surface area contributed by atoms with Crippen LogP contribution in [-0.4, -0.2) is 34.3 Å². The van der Waals surface area contributed by atoms with E-state index in [-0.39, 0.29) is 11.8 Å². The number of nitrogens with zero attached hydrogens (tertiary/aromatic N) is 1. The van der Waals surface area contributed by atoms with E-state index in [1.165, 1.54) is 4.90 Å². The molecule has 3 rings (SSSR count). The summed E-state index contributed by atoms with van der Waals surface area (Å²) >= 11 is 0. The van der Waals surface area contributed by atoms with Crippen molar-refractivity contribution < 1.29 is 9.59 Å². The van der Waals surface area contributed by atoms with Crippen molar-refractivity contribution in [1.29, 1.82) is 0 Å². The molecule has 2 amide bonds. The minimum absolute atomic E-state index is 0.0862. The zero-order valence-corrected chi connectivity index (χ0v) is 15.6. The molecule has 1 aliphatic heterocycles. The van der Waals surface area contributed by atoms with Crippen LogP contribution >= 0.6 is 21.6 Å². The van der Waals surface area contributed by atoms with Crippen molar-refractivity contribution in [3.05, 3.63) is 47.5 Å². The number of fused-ring (bicyclic) bond motifs is 3. The number of carbonyl (C=O) groups excluding carboxylic acids is 2. The molecule has 3 nitrogen and oxygen atoms in total. The maximum atomic E-state index is 12.9. The summed E-state index contributed by atoms with van der Waals surface area (Å²) in [7, 11) is 3.56. The Bertz CT molecular complexity index is 775. The highest BCUT2D eigenvalue weighted by atomic mass is 33.1. The molecule has 0 fully saturated rings. The first-order chi connectivity index (χ1) is 11.6. The van der Waals surface area contributed by atoms with E-state index in [4.69, 9.17) is 0 Å². The molecule has 2 aromatic rings. The van der Waals surface area contributed by atoms with Crippen molar-refractivity contribution in [3.63, 3.8) is 0 Å². The van der Waals surface area contributed by atoms with Crippen molar-refractivity contribution in [3.8, 4) is 0 Å². The molecule has 0 bridgehead atoms. The maximum Gasteiger partial charge on any atom is 0.261 e. The van der Waals surface area contributed by atoms with Gasteiger partial charge < -0.3 is 0 Å². The van der Waals surface area contributed by atoms with Gasteiger partial charge in [-0.1, -0.05) is 71.8 Å². The van der Waals surface area contributed by atoms with Crippen LogP contribution in [0.3, 0.4) is 0 Å². The van der Waals surface area contributed by atoms with Crippen LogP contribution in [0.15, 0.2) is 36.4 Å². The highest BCUT2D eigenvalue weighted by molar-refractivity contribution is 8.76. The second kappa shape index (κ2) is 7.62. The van der Waals surface area contributed by atoms with Gasteiger partial charge in [-0.25, -0.2) is 0 Å². The van der Waals surface area contributed by atoms with Gasteiger partial charge >= 0.3 is 0 Å². The highest BCUT2D eigenvalue weighted by Gasteiger charge is 2.31. The summed E-state index contributed by atoms with van der Waals surface area (Å²) in [6, 6.07) is 11.8. The molecule has 0 saturated heterocycles. The molecular weight excluding hydrogens is 338 g/mol. The van der Waals surface area contributed by atoms with Crippen LogP contribution in [0.25, 0.3) is 10.8 Å². The van der Waals surface area contributed by atoms with Gasteiger partial charge in [0, 0.05) is 17.5 Å². The van der Waals surface area contributed by atoms with Crippen molar-refractivity contribution in [2.24, 2.45) is 0 Å². The van der Waals surface area contributed by atoms with Gasteiger partial charge in [0.25, 0.3) is 5.91 Å². The van der Waals surface area contributed by atoms with E-state index in [2.05, 4.69) is 13.8 Å². The lowest BCUT2D eigenvalue weighted by Crippen LogP contribution is -2.43. The fraction of sp³-hybridized carbons (Fsp3) is 0.368. The molecule has 126 valence electrons. The smallest absolute Gasteiger partial charge is 0.261 e. The predicted octanol–water partition coefficient (Wildman–Crippen LogP) is 4.54. The zero-order valence-electron chi connectivity index (χ0n) is 14.0. The molecule has 0 N–H and O–H groups in total. The molecule has 1 heterocycles. The Morgan fingerprint density at radius 1 is 1.17 bits per heavy atom. The third-order valence-corrected chi connectivity index (χ3v) is 7.36. The first kappa shape index (κ1) is 17.4. The van der Waals surface area contributed by atoms with Crippen molar-refractivity contribution in [2.45, 2.75) is 31.9 Å². The van der Waals surface area contributed by atoms with Crippen molar-refractivity contribution >= 4 is 44.2 Å². The minimum Gasteiger partial charge on any atom is -0.277 e. The number of rotatable bonds is 6. The zero-order chi connectivity index (χ0) is 17.1. The Morgan fingerprint density at radius 3 is 2.75 bits per heavy atom. The third kappa shape index (κ3) is 3.47. The fourth-order valence-electron chi connectivity index (χ4n) is 2.81. The molecule has 1 atom stereocenters. The maximum absolute atomic E-state index is 12.9. The normalized spacial score (nSPS) is 15.7. The van der Waals surface area contributed by atoms with Gasteiger partial charge in [0.05, 0.1) is 12.0 Å². The van der Waals surface area contributed by atoms with Gasteiger partial charge in [0.2, 0.25) is 5.91 Å². The van der Waals surface area contributed by atoms with Gasteiger partial charge in [-0.2, -0.15) is 0 Å². The average Bonchev–Trinajstić information content (AvgIpc) is 2.60. The van der Waals surface area contributed by atoms with E-state index in [1.54, 1.807) is 10.8 Å². The Balaban J connectivity index is 1.79. The van der Waals surface area contributed by atoms with E-state index in [0.29, 0.717) is 23.8 Å². The number of hydrogen-bond donors (Lipinski definition) is 0. The van der Waals surface area contributed by atoms with Crippen LogP contribution in [0.1, 0.15) is 36.2 Å². The van der Waals surface area contributed by atoms with Crippen LogP contribution in [0.5, 0.6) is 0 Å². The van der Waals surface area contributed by atoms with Gasteiger partial charge in [0.15, 0.2) is 0 Å². The summed E-state index contributed by atoms with van der Waals surface area (Å²) in [6.45, 7) is 4.84. The summed E-state index contributed by atoms with van der Waals surface area (Å²) in [6.07, 6.45) is 1.44. The quantitative estimate of drug-likeness (QED) is 0.431. The summed E-state index contributed by atoms with van der Waals surface area (Å²) < 4.78 is 0. The summed E-state index contributed by atoms with van der Waals surface area (Å²) in [5, 5.41) is 2.58. The van der Waals surface area contributed by atoms with Crippen molar-refractivity contribution in [1.82, 2.24) is 4.90 Å². The standard InChI is InChI=1S/C19H21NO2S2/c1-3-13(2)24-23-11-10-20-17(21)12-15-9-8-14-6-4-5-7-16(14)18(15)19(20)22/h4-9,13H,3,10-12H2,1-2H3. The molecule has 1 unspecified atom stereocenters. The monoisotopic (exact) mass is 359 g/mol. The molecule has 5 heteroatoms. The Morgan fingerprint density at radius 2 is 1.96 bits per heavy atom. The van der Waals surface area contributed by atoms with E-state index >= 15 is 0 Å². The summed E-state index contributed by atoms with van der Waals surface area (Å²) in [5.74, 6) is 0.538. The number of benzene rings is 2. The number of imide groups is 1. The van der Waals surface area contributed by atoms with E-state index in [0.717, 1.165) is 28.5 Å². The molecule has 0 saturated carbocycles. The van der Waals surface area contributed by atoms with Gasteiger partial charge in [-0.05, 0) is 22.8 Å². The second-order valence-corrected chi connectivity index (χ2v) is 8.91. The third-order valence-electron chi connectivity index (χ3n) is 4.32. The van der Waals surface area contributed by atoms with Crippen LogP contribution in [0.4, 0.5) is 0 Å². The predicted molar refractivity (Wildman–Crippen MR) is 103 cm³/mol. The molecule has 0 radical (unpaired) electrons. The Kier molecular flexibility index (Phi) is 5.51. The van der Waals surface area contributed by atoms with Gasteiger partial charge in [-0.15, -0.1) is 0 Å². The lowest BCUT2D eigenvalue weighted by atomic mass is 9.93. The molecule has 0 aromatic heterocycles. The SMILES string of the molecule is CCC(C)SSCCN1C(=O)Cc2ccc3ccccc3c2C1=O. The lowest BCUT2D eigenvalue weighted by Gasteiger charge is -2.27. The van der Waals surface area contributed by atoms with Gasteiger partial charge in [-0.3, -0.25) is 14.5 Å². The number of amides is 2. The molecule has 24 heavy (non-hydrogen) atoms. The van der Waals surface area contributed by atoms with Crippen molar-refractivity contribution in [2.75, 3.05) is 12.3 Å². The fourth-order valence-corrected chi connectivity index (χ4v) is 5.15. The first-order valence-electron chi connectivity index (χ1n) is 8.25. The summed E-state index contributed by atoms with van der Waals surface area (Å²) in [5.41, 5.74) is 1.55. The Labute approximate surface area is 150 Å². The topological polar surface area (TPSA) is 37.4 Å². The number of carbonyl (C=O) groups is 2. The molecular formula is C19H21NO2S2. The lowest BCUT2D eigenvalue weighted by molar-refractivity contribution is -0.128. The molecule has 1 aliphatic rings. The Hall–Kier alpha value is -1.46. The molecule has 0 spiro atoms. The number of hydrogen-bond acceptors (Lipinski definition) is 4. The van der Waals surface area contributed by atoms with Crippen LogP contribution in [0.2, 0.25) is 0 Å². The average molecular weight is 360 g/mol. The molecule has 0 aliphatic carbocycles. The summed E-state index contributed by atoms with van der Waals surface area (Å²) in [4.78, 5) is 26.7. The highest BCUT2D eigenvalue weighted by Crippen LogP contribution is 2.30. The van der Waals surface area contributed by atoms with E-state index in [1.807, 2.05) is 47.2 Å². The largest absolute Gasteiger partial charge is 0.277 e. The molecule has 2 aromatic carbocycles.